The van der Waals surface area contributed by atoms with Gasteiger partial charge in [-0.15, -0.1) is 0 Å². The number of para-hydroxylation sites is 1. The summed E-state index contributed by atoms with van der Waals surface area (Å²) in [6, 6.07) is 2.54. The monoisotopic (exact) mass is 559 g/mol. The van der Waals surface area contributed by atoms with Crippen LogP contribution in [0.3, 0.4) is 0 Å². The molecule has 212 valence electrons. The number of carboxylic acids is 1. The van der Waals surface area contributed by atoms with E-state index in [0.717, 1.165) is 11.1 Å². The highest BCUT2D eigenvalue weighted by atomic mass is 19.1. The number of aromatic hydroxyl groups is 1. The molecule has 16 heteroatoms. The van der Waals surface area contributed by atoms with Gasteiger partial charge in [-0.2, -0.15) is 0 Å². The fourth-order valence-electron chi connectivity index (χ4n) is 4.70. The number of aromatic nitrogens is 1. The number of nitrogens with one attached hydrogen (secondary N) is 2. The number of hydrogen-bond acceptors (Lipinski definition) is 10. The molecule has 14 nitrogen and oxygen atoms in total. The molecule has 6 N–H and O–H groups in total. The summed E-state index contributed by atoms with van der Waals surface area (Å²) in [6.45, 7) is 3.63. The molecule has 40 heavy (non-hydrogen) atoms. The number of fused-ring (bicyclic) bond motifs is 1. The van der Waals surface area contributed by atoms with Gasteiger partial charge in [0.15, 0.2) is 12.2 Å². The highest BCUT2D eigenvalue weighted by Gasteiger charge is 2.43. The summed E-state index contributed by atoms with van der Waals surface area (Å²) < 4.78 is 20.2. The number of nitrogens with zero attached hydrogens (tertiary/aromatic N) is 3. The lowest BCUT2D eigenvalue weighted by Gasteiger charge is -2.41. The number of hydrogen-bond donors (Lipinski definition) is 6. The first-order chi connectivity index (χ1) is 18.9. The Morgan fingerprint density at radius 1 is 1.30 bits per heavy atom. The van der Waals surface area contributed by atoms with Gasteiger partial charge in [-0.1, -0.05) is 12.1 Å². The largest absolute Gasteiger partial charge is 0.547 e. The second-order valence-corrected chi connectivity index (χ2v) is 9.37. The van der Waals surface area contributed by atoms with Crippen LogP contribution in [-0.4, -0.2) is 97.4 Å². The summed E-state index contributed by atoms with van der Waals surface area (Å²) in [7, 11) is -1.69. The molecule has 3 heterocycles. The number of piperazine rings is 1. The number of rotatable bonds is 8. The second kappa shape index (κ2) is 11.5. The zero-order chi connectivity index (χ0) is 29.3. The number of carbonyl (C=O) groups excluding carboxylic acids is 3. The first kappa shape index (κ1) is 28.7. The molecule has 0 saturated carbocycles. The fourth-order valence-corrected chi connectivity index (χ4v) is 4.70. The number of carboxylic acid groups (broad SMARTS) is 1. The molecule has 4 rings (SSSR count). The Morgan fingerprint density at radius 3 is 2.67 bits per heavy atom. The van der Waals surface area contributed by atoms with Crippen LogP contribution in [0.1, 0.15) is 41.5 Å². The standard InChI is InChI=1S/C24H27BFN5O9/c1-3-30-10-11(2)31(22(35)21(30)34)24(38)29-18(17-15(26)8-13(32)9-27-17)20(33)28-16-7-12-5-4-6-14(23(36)37)19(12)40-25(16)39/h4-6,8-9,11,16,18,24,29,32,38-39H,3,7,10H2,1-2H3,(H,28,33)(H,36,37)/t11-,16+,18?,24?/m1/s1. The van der Waals surface area contributed by atoms with Crippen molar-refractivity contribution in [2.75, 3.05) is 13.1 Å². The minimum Gasteiger partial charge on any atom is -0.534 e. The van der Waals surface area contributed by atoms with E-state index < -0.39 is 72.4 Å². The second-order valence-electron chi connectivity index (χ2n) is 9.37. The Kier molecular flexibility index (Phi) is 8.22. The van der Waals surface area contributed by atoms with E-state index in [2.05, 4.69) is 15.6 Å². The Morgan fingerprint density at radius 2 is 2.02 bits per heavy atom. The van der Waals surface area contributed by atoms with Crippen molar-refractivity contribution in [1.29, 1.82) is 0 Å². The summed E-state index contributed by atoms with van der Waals surface area (Å²) in [4.78, 5) is 55.9. The van der Waals surface area contributed by atoms with Gasteiger partial charge in [0.05, 0.1) is 23.7 Å². The first-order valence-corrected chi connectivity index (χ1v) is 12.3. The summed E-state index contributed by atoms with van der Waals surface area (Å²) in [5.41, 5.74) is -0.371. The van der Waals surface area contributed by atoms with Crippen LogP contribution in [0.5, 0.6) is 11.5 Å². The van der Waals surface area contributed by atoms with E-state index in [0.29, 0.717) is 11.6 Å². The van der Waals surface area contributed by atoms with Crippen LogP contribution in [0.4, 0.5) is 4.39 Å². The molecule has 2 aromatic rings. The zero-order valence-corrected chi connectivity index (χ0v) is 21.4. The summed E-state index contributed by atoms with van der Waals surface area (Å²) >= 11 is 0. The molecule has 1 aromatic carbocycles. The first-order valence-electron chi connectivity index (χ1n) is 12.3. The summed E-state index contributed by atoms with van der Waals surface area (Å²) in [6.07, 6.45) is -1.14. The Labute approximate surface area is 227 Å². The third-order valence-corrected chi connectivity index (χ3v) is 6.69. The van der Waals surface area contributed by atoms with Gasteiger partial charge in [0.25, 0.3) is 0 Å². The van der Waals surface area contributed by atoms with Gasteiger partial charge in [0.2, 0.25) is 5.91 Å². The van der Waals surface area contributed by atoms with Gasteiger partial charge >= 0.3 is 24.9 Å². The number of aromatic carboxylic acids is 1. The van der Waals surface area contributed by atoms with Gasteiger partial charge in [0.1, 0.15) is 23.2 Å². The molecule has 1 fully saturated rings. The molecule has 1 aromatic heterocycles. The van der Waals surface area contributed by atoms with Crippen molar-refractivity contribution in [3.63, 3.8) is 0 Å². The van der Waals surface area contributed by atoms with Crippen molar-refractivity contribution in [3.8, 4) is 11.5 Å². The van der Waals surface area contributed by atoms with E-state index in [9.17, 15) is 43.9 Å². The van der Waals surface area contributed by atoms with Gasteiger partial charge in [0, 0.05) is 19.2 Å². The average molecular weight is 559 g/mol. The lowest BCUT2D eigenvalue weighted by molar-refractivity contribution is -0.170. The Hall–Kier alpha value is -4.28. The van der Waals surface area contributed by atoms with Gasteiger partial charge in [-0.3, -0.25) is 29.6 Å². The maximum atomic E-state index is 14.8. The van der Waals surface area contributed by atoms with Crippen molar-refractivity contribution >= 4 is 30.8 Å². The number of likely N-dealkylation sites (N-methyl/N-ethyl adjacent to an activating group) is 1. The van der Waals surface area contributed by atoms with Crippen LogP contribution < -0.4 is 15.3 Å². The number of aliphatic hydroxyl groups excluding tert-OH is 1. The topological polar surface area (TPSA) is 202 Å². The maximum absolute atomic E-state index is 14.8. The molecule has 2 aliphatic rings. The zero-order valence-electron chi connectivity index (χ0n) is 21.4. The molecule has 0 aliphatic carbocycles. The predicted molar refractivity (Wildman–Crippen MR) is 134 cm³/mol. The van der Waals surface area contributed by atoms with Crippen molar-refractivity contribution < 1.29 is 48.6 Å². The lowest BCUT2D eigenvalue weighted by Crippen LogP contribution is -2.65. The van der Waals surface area contributed by atoms with E-state index in [1.165, 1.54) is 17.0 Å². The molecule has 4 atom stereocenters. The normalized spacial score (nSPS) is 20.5. The van der Waals surface area contributed by atoms with Gasteiger partial charge < -0.3 is 35.2 Å². The third kappa shape index (κ3) is 5.54. The molecule has 0 radical (unpaired) electrons. The highest BCUT2D eigenvalue weighted by Crippen LogP contribution is 2.30. The van der Waals surface area contributed by atoms with Gasteiger partial charge in [-0.05, 0) is 31.9 Å². The van der Waals surface area contributed by atoms with Crippen LogP contribution >= 0.6 is 0 Å². The molecule has 3 amide bonds. The number of benzene rings is 1. The fraction of sp³-hybridized carbons (Fsp3) is 0.375. The third-order valence-electron chi connectivity index (χ3n) is 6.69. The average Bonchev–Trinajstić information content (AvgIpc) is 2.89. The van der Waals surface area contributed by atoms with Crippen LogP contribution in [0.2, 0.25) is 0 Å². The van der Waals surface area contributed by atoms with Crippen LogP contribution in [0, 0.1) is 5.82 Å². The van der Waals surface area contributed by atoms with Crippen molar-refractivity contribution in [3.05, 3.63) is 53.1 Å². The van der Waals surface area contributed by atoms with E-state index in [4.69, 9.17) is 4.65 Å². The molecular formula is C24H27BFN5O9. The summed E-state index contributed by atoms with van der Waals surface area (Å²) in [5, 5.41) is 45.3. The van der Waals surface area contributed by atoms with Crippen molar-refractivity contribution in [2.24, 2.45) is 0 Å². The molecule has 2 aliphatic heterocycles. The Bertz CT molecular complexity index is 1350. The smallest absolute Gasteiger partial charge is 0.534 e. The van der Waals surface area contributed by atoms with E-state index in [1.54, 1.807) is 19.9 Å². The number of pyridine rings is 1. The molecule has 0 spiro atoms. The van der Waals surface area contributed by atoms with Crippen molar-refractivity contribution in [2.45, 2.75) is 44.6 Å². The van der Waals surface area contributed by atoms with Crippen LogP contribution in [0.25, 0.3) is 0 Å². The van der Waals surface area contributed by atoms with Crippen molar-refractivity contribution in [1.82, 2.24) is 25.4 Å². The van der Waals surface area contributed by atoms with Crippen LogP contribution in [0.15, 0.2) is 30.5 Å². The lowest BCUT2D eigenvalue weighted by atomic mass is 9.72. The quantitative estimate of drug-likeness (QED) is 0.128. The summed E-state index contributed by atoms with van der Waals surface area (Å²) in [5.74, 6) is -7.05. The number of amides is 3. The maximum Gasteiger partial charge on any atom is 0.547 e. The number of aliphatic hydroxyl groups is 1. The molecule has 1 saturated heterocycles. The highest BCUT2D eigenvalue weighted by molar-refractivity contribution is 6.47. The minimum atomic E-state index is -1.94. The molecule has 2 unspecified atom stereocenters. The molecule has 0 bridgehead atoms. The van der Waals surface area contributed by atoms with Gasteiger partial charge in [-0.25, -0.2) is 9.18 Å². The number of carbonyl (C=O) groups is 4. The minimum absolute atomic E-state index is 0.0623. The van der Waals surface area contributed by atoms with E-state index >= 15 is 0 Å². The number of halogens is 1. The predicted octanol–water partition coefficient (Wildman–Crippen LogP) is -1.25. The Balaban J connectivity index is 1.60. The SMILES string of the molecule is CCN1C[C@@H](C)N(C(O)NC(C(=O)N[C@H]2Cc3cccc(C(=O)O)c3OB2O)c2ncc(O)cc2F)C(=O)C1=O. The molecular weight excluding hydrogens is 532 g/mol. The van der Waals surface area contributed by atoms with Crippen LogP contribution in [-0.2, 0) is 20.8 Å². The van der Waals surface area contributed by atoms with E-state index in [-0.39, 0.29) is 30.8 Å². The van der Waals surface area contributed by atoms with E-state index in [1.807, 2.05) is 0 Å².